The van der Waals surface area contributed by atoms with Crippen molar-refractivity contribution in [2.75, 3.05) is 18.4 Å². The second-order valence-corrected chi connectivity index (χ2v) is 9.60. The van der Waals surface area contributed by atoms with Crippen LogP contribution in [0.3, 0.4) is 0 Å². The summed E-state index contributed by atoms with van der Waals surface area (Å²) in [6.45, 7) is 1.28. The number of nitrogens with one attached hydrogen (secondary N) is 1. The predicted octanol–water partition coefficient (Wildman–Crippen LogP) is 2.37. The molecular formula is C22H23N3O5S. The fraction of sp³-hybridized carbons (Fsp3) is 0.318. The molecular weight excluding hydrogens is 418 g/mol. The van der Waals surface area contributed by atoms with E-state index in [0.29, 0.717) is 24.3 Å². The van der Waals surface area contributed by atoms with Crippen LogP contribution in [0.5, 0.6) is 0 Å². The number of nitrogens with zero attached hydrogens (tertiary/aromatic N) is 2. The summed E-state index contributed by atoms with van der Waals surface area (Å²) in [6.07, 6.45) is 2.24. The first-order chi connectivity index (χ1) is 14.8. The molecule has 162 valence electrons. The number of benzene rings is 2. The molecule has 2 aromatic rings. The van der Waals surface area contributed by atoms with Crippen molar-refractivity contribution in [3.8, 4) is 0 Å². The van der Waals surface area contributed by atoms with Crippen LogP contribution in [-0.4, -0.2) is 48.4 Å². The average molecular weight is 442 g/mol. The number of carbonyl (C=O) groups excluding carboxylic acids is 3. The summed E-state index contributed by atoms with van der Waals surface area (Å²) in [4.78, 5) is 37.4. The number of sulfonamides is 1. The Bertz CT molecular complexity index is 1090. The van der Waals surface area contributed by atoms with Crippen molar-refractivity contribution in [2.45, 2.75) is 37.1 Å². The molecule has 9 heteroatoms. The Morgan fingerprint density at radius 2 is 1.45 bits per heavy atom. The maximum atomic E-state index is 12.6. The van der Waals surface area contributed by atoms with Crippen LogP contribution in [0.15, 0.2) is 53.4 Å². The van der Waals surface area contributed by atoms with Crippen molar-refractivity contribution in [3.05, 3.63) is 59.7 Å². The number of anilines is 1. The van der Waals surface area contributed by atoms with Gasteiger partial charge in [0.05, 0.1) is 11.4 Å². The zero-order valence-corrected chi connectivity index (χ0v) is 17.7. The van der Waals surface area contributed by atoms with E-state index < -0.39 is 10.0 Å². The second kappa shape index (κ2) is 8.60. The molecule has 8 nitrogen and oxygen atoms in total. The van der Waals surface area contributed by atoms with E-state index in [1.807, 2.05) is 0 Å². The minimum atomic E-state index is -3.51. The summed E-state index contributed by atoms with van der Waals surface area (Å²) in [5, 5.41) is 2.76. The highest BCUT2D eigenvalue weighted by atomic mass is 32.2. The van der Waals surface area contributed by atoms with Crippen LogP contribution in [0.1, 0.15) is 41.6 Å². The lowest BCUT2D eigenvalue weighted by atomic mass is 10.1. The maximum absolute atomic E-state index is 12.6. The van der Waals surface area contributed by atoms with Crippen molar-refractivity contribution in [1.82, 2.24) is 9.21 Å². The lowest BCUT2D eigenvalue weighted by Gasteiger charge is -2.15. The molecule has 2 aliphatic heterocycles. The van der Waals surface area contributed by atoms with Crippen LogP contribution in [0.2, 0.25) is 0 Å². The quantitative estimate of drug-likeness (QED) is 0.693. The molecule has 2 fully saturated rings. The number of rotatable bonds is 6. The topological polar surface area (TPSA) is 104 Å². The van der Waals surface area contributed by atoms with Gasteiger partial charge in [-0.15, -0.1) is 0 Å². The van der Waals surface area contributed by atoms with Gasteiger partial charge in [-0.2, -0.15) is 4.31 Å². The van der Waals surface area contributed by atoms with Crippen LogP contribution in [-0.2, 0) is 26.2 Å². The van der Waals surface area contributed by atoms with E-state index in [0.717, 1.165) is 18.4 Å². The summed E-state index contributed by atoms with van der Waals surface area (Å²) >= 11 is 0. The minimum Gasteiger partial charge on any atom is -0.322 e. The van der Waals surface area contributed by atoms with Crippen molar-refractivity contribution >= 4 is 33.4 Å². The fourth-order valence-corrected chi connectivity index (χ4v) is 5.25. The van der Waals surface area contributed by atoms with Gasteiger partial charge in [0, 0.05) is 37.2 Å². The van der Waals surface area contributed by atoms with Gasteiger partial charge in [-0.25, -0.2) is 8.42 Å². The summed E-state index contributed by atoms with van der Waals surface area (Å²) in [6, 6.07) is 12.8. The molecule has 3 amide bonds. The van der Waals surface area contributed by atoms with Crippen molar-refractivity contribution in [1.29, 1.82) is 0 Å². The zero-order valence-electron chi connectivity index (χ0n) is 16.9. The summed E-state index contributed by atoms with van der Waals surface area (Å²) in [7, 11) is -3.51. The molecule has 0 spiro atoms. The molecule has 0 bridgehead atoms. The molecule has 2 aliphatic rings. The molecule has 0 saturated carbocycles. The Balaban J connectivity index is 1.39. The maximum Gasteiger partial charge on any atom is 0.255 e. The van der Waals surface area contributed by atoms with Gasteiger partial charge in [0.2, 0.25) is 21.8 Å². The van der Waals surface area contributed by atoms with E-state index in [9.17, 15) is 22.8 Å². The van der Waals surface area contributed by atoms with E-state index >= 15 is 0 Å². The van der Waals surface area contributed by atoms with E-state index in [2.05, 4.69) is 5.32 Å². The Labute approximate surface area is 180 Å². The highest BCUT2D eigenvalue weighted by Crippen LogP contribution is 2.22. The van der Waals surface area contributed by atoms with Crippen molar-refractivity contribution < 1.29 is 22.8 Å². The molecule has 4 rings (SSSR count). The van der Waals surface area contributed by atoms with Crippen LogP contribution < -0.4 is 5.32 Å². The summed E-state index contributed by atoms with van der Waals surface area (Å²) in [5.41, 5.74) is 1.69. The Kier molecular flexibility index (Phi) is 5.88. The monoisotopic (exact) mass is 441 g/mol. The van der Waals surface area contributed by atoms with E-state index in [1.54, 1.807) is 24.3 Å². The molecule has 2 heterocycles. The van der Waals surface area contributed by atoms with Gasteiger partial charge in [-0.3, -0.25) is 19.3 Å². The molecule has 2 aromatic carbocycles. The number of hydrogen-bond acceptors (Lipinski definition) is 5. The molecule has 0 atom stereocenters. The van der Waals surface area contributed by atoms with Gasteiger partial charge in [0.25, 0.3) is 5.91 Å². The van der Waals surface area contributed by atoms with Gasteiger partial charge < -0.3 is 5.32 Å². The Morgan fingerprint density at radius 3 is 2.03 bits per heavy atom. The molecule has 31 heavy (non-hydrogen) atoms. The first-order valence-corrected chi connectivity index (χ1v) is 11.6. The predicted molar refractivity (Wildman–Crippen MR) is 114 cm³/mol. The first kappa shape index (κ1) is 21.2. The van der Waals surface area contributed by atoms with Gasteiger partial charge in [-0.05, 0) is 54.8 Å². The molecule has 0 radical (unpaired) electrons. The van der Waals surface area contributed by atoms with Crippen LogP contribution in [0.4, 0.5) is 5.69 Å². The van der Waals surface area contributed by atoms with Crippen LogP contribution in [0, 0.1) is 0 Å². The summed E-state index contributed by atoms with van der Waals surface area (Å²) < 4.78 is 26.6. The molecule has 0 aliphatic carbocycles. The average Bonchev–Trinajstić information content (AvgIpc) is 3.42. The van der Waals surface area contributed by atoms with Gasteiger partial charge in [0.1, 0.15) is 0 Å². The molecule has 0 unspecified atom stereocenters. The smallest absolute Gasteiger partial charge is 0.255 e. The largest absolute Gasteiger partial charge is 0.322 e. The standard InChI is InChI=1S/C22H23N3O5S/c26-20-11-12-21(27)25(20)15-16-3-7-18(8-4-16)23-22(28)17-5-9-19(10-6-17)31(29,30)24-13-1-2-14-24/h3-10H,1-2,11-15H2,(H,23,28). The van der Waals surface area contributed by atoms with Crippen molar-refractivity contribution in [3.63, 3.8) is 0 Å². The Hall–Kier alpha value is -3.04. The van der Waals surface area contributed by atoms with E-state index in [4.69, 9.17) is 0 Å². The normalized spacial score (nSPS) is 17.4. The SMILES string of the molecule is O=C(Nc1ccc(CN2C(=O)CCC2=O)cc1)c1ccc(S(=O)(=O)N2CCCC2)cc1. The minimum absolute atomic E-state index is 0.169. The number of carbonyl (C=O) groups is 3. The lowest BCUT2D eigenvalue weighted by molar-refractivity contribution is -0.139. The fourth-order valence-electron chi connectivity index (χ4n) is 3.73. The first-order valence-electron chi connectivity index (χ1n) is 10.2. The number of amides is 3. The third kappa shape index (κ3) is 4.52. The van der Waals surface area contributed by atoms with Crippen molar-refractivity contribution in [2.24, 2.45) is 0 Å². The van der Waals surface area contributed by atoms with E-state index in [-0.39, 0.29) is 42.0 Å². The number of likely N-dealkylation sites (tertiary alicyclic amines) is 1. The van der Waals surface area contributed by atoms with E-state index in [1.165, 1.54) is 33.5 Å². The lowest BCUT2D eigenvalue weighted by Crippen LogP contribution is -2.28. The summed E-state index contributed by atoms with van der Waals surface area (Å²) in [5.74, 6) is -0.696. The molecule has 2 saturated heterocycles. The number of hydrogen-bond donors (Lipinski definition) is 1. The molecule has 0 aromatic heterocycles. The van der Waals surface area contributed by atoms with Gasteiger partial charge >= 0.3 is 0 Å². The zero-order chi connectivity index (χ0) is 22.0. The van der Waals surface area contributed by atoms with Gasteiger partial charge in [0.15, 0.2) is 0 Å². The second-order valence-electron chi connectivity index (χ2n) is 7.66. The number of imide groups is 1. The highest BCUT2D eigenvalue weighted by molar-refractivity contribution is 7.89. The van der Waals surface area contributed by atoms with Gasteiger partial charge in [-0.1, -0.05) is 12.1 Å². The third-order valence-corrected chi connectivity index (χ3v) is 7.44. The third-order valence-electron chi connectivity index (χ3n) is 5.53. The van der Waals surface area contributed by atoms with Crippen LogP contribution in [0.25, 0.3) is 0 Å². The Morgan fingerprint density at radius 1 is 0.871 bits per heavy atom. The molecule has 1 N–H and O–H groups in total. The van der Waals surface area contributed by atoms with Crippen LogP contribution >= 0.6 is 0 Å². The highest BCUT2D eigenvalue weighted by Gasteiger charge is 2.29.